The summed E-state index contributed by atoms with van der Waals surface area (Å²) in [5.74, 6) is 1.34. The Morgan fingerprint density at radius 1 is 1.41 bits per heavy atom. The van der Waals surface area contributed by atoms with E-state index in [0.29, 0.717) is 43.4 Å². The molecule has 7 heteroatoms. The summed E-state index contributed by atoms with van der Waals surface area (Å²) in [5, 5.41) is 17.3. The summed E-state index contributed by atoms with van der Waals surface area (Å²) in [5.41, 5.74) is 0. The fraction of sp³-hybridized carbons (Fsp3) is 0.867. The van der Waals surface area contributed by atoms with Crippen LogP contribution in [0.2, 0.25) is 0 Å². The lowest BCUT2D eigenvalue weighted by Gasteiger charge is -2.29. The molecule has 1 saturated carbocycles. The minimum absolute atomic E-state index is 0.151. The number of hydrogen-bond donors (Lipinski definition) is 2. The molecule has 0 spiro atoms. The van der Waals surface area contributed by atoms with Crippen LogP contribution in [0.3, 0.4) is 0 Å². The van der Waals surface area contributed by atoms with Crippen molar-refractivity contribution in [3.63, 3.8) is 0 Å². The average Bonchev–Trinajstić information content (AvgIpc) is 3.23. The first-order valence-electron chi connectivity index (χ1n) is 8.22. The summed E-state index contributed by atoms with van der Waals surface area (Å²) < 4.78 is 10.2. The van der Waals surface area contributed by atoms with E-state index in [2.05, 4.69) is 20.4 Å². The van der Waals surface area contributed by atoms with E-state index in [-0.39, 0.29) is 6.10 Å². The van der Waals surface area contributed by atoms with Crippen molar-refractivity contribution in [1.82, 2.24) is 20.4 Å². The first-order chi connectivity index (χ1) is 10.8. The Labute approximate surface area is 131 Å². The molecule has 1 unspecified atom stereocenters. The number of aromatic nitrogens is 2. The van der Waals surface area contributed by atoms with Crippen molar-refractivity contribution in [3.05, 3.63) is 11.7 Å². The molecule has 22 heavy (non-hydrogen) atoms. The summed E-state index contributed by atoms with van der Waals surface area (Å²) in [6, 6.07) is 0.975. The number of methoxy groups -OCH3 is 1. The first kappa shape index (κ1) is 15.9. The summed E-state index contributed by atoms with van der Waals surface area (Å²) in [7, 11) is 1.66. The van der Waals surface area contributed by atoms with Crippen molar-refractivity contribution in [3.8, 4) is 0 Å². The zero-order valence-corrected chi connectivity index (χ0v) is 13.2. The molecule has 3 rings (SSSR count). The standard InChI is InChI=1S/C15H26N4O3/c1-21-8-6-15-17-14(18-22-15)9-16-12-3-2-4-13(12)19-7-5-11(20)10-19/h11-13,16,20H,2-10H2,1H3/t11?,12-,13+/m1/s1. The molecule has 0 bridgehead atoms. The molecule has 2 fully saturated rings. The highest BCUT2D eigenvalue weighted by atomic mass is 16.5. The van der Waals surface area contributed by atoms with Gasteiger partial charge in [-0.1, -0.05) is 11.6 Å². The van der Waals surface area contributed by atoms with Gasteiger partial charge in [0.15, 0.2) is 5.82 Å². The molecule has 1 saturated heterocycles. The van der Waals surface area contributed by atoms with E-state index in [1.165, 1.54) is 19.3 Å². The van der Waals surface area contributed by atoms with E-state index in [0.717, 1.165) is 19.5 Å². The van der Waals surface area contributed by atoms with Crippen molar-refractivity contribution >= 4 is 0 Å². The molecule has 0 amide bonds. The van der Waals surface area contributed by atoms with Gasteiger partial charge in [-0.25, -0.2) is 0 Å². The van der Waals surface area contributed by atoms with Gasteiger partial charge in [0.2, 0.25) is 5.89 Å². The van der Waals surface area contributed by atoms with Crippen LogP contribution in [-0.2, 0) is 17.7 Å². The number of β-amino-alcohol motifs (C(OH)–C–C–N with tert-alkyl or cyclic N) is 1. The predicted octanol–water partition coefficient (Wildman–Crippen LogP) is 0.336. The maximum Gasteiger partial charge on any atom is 0.229 e. The lowest BCUT2D eigenvalue weighted by molar-refractivity contribution is 0.149. The summed E-state index contributed by atoms with van der Waals surface area (Å²) in [4.78, 5) is 6.80. The van der Waals surface area contributed by atoms with Crippen LogP contribution in [0, 0.1) is 0 Å². The fourth-order valence-corrected chi connectivity index (χ4v) is 3.56. The number of ether oxygens (including phenoxy) is 1. The molecule has 2 heterocycles. The zero-order chi connectivity index (χ0) is 15.4. The minimum Gasteiger partial charge on any atom is -0.392 e. The van der Waals surface area contributed by atoms with Crippen LogP contribution in [0.4, 0.5) is 0 Å². The lowest BCUT2D eigenvalue weighted by atomic mass is 10.1. The van der Waals surface area contributed by atoms with Gasteiger partial charge in [0.1, 0.15) is 0 Å². The zero-order valence-electron chi connectivity index (χ0n) is 13.2. The second-order valence-electron chi connectivity index (χ2n) is 6.27. The van der Waals surface area contributed by atoms with Gasteiger partial charge in [0.05, 0.1) is 25.7 Å². The van der Waals surface area contributed by atoms with E-state index in [4.69, 9.17) is 9.26 Å². The van der Waals surface area contributed by atoms with Crippen LogP contribution in [0.15, 0.2) is 4.52 Å². The van der Waals surface area contributed by atoms with Crippen LogP contribution in [0.5, 0.6) is 0 Å². The van der Waals surface area contributed by atoms with Crippen LogP contribution < -0.4 is 5.32 Å². The molecule has 3 atom stereocenters. The normalized spacial score (nSPS) is 29.5. The third kappa shape index (κ3) is 3.84. The molecule has 1 aliphatic carbocycles. The first-order valence-corrected chi connectivity index (χ1v) is 8.22. The van der Waals surface area contributed by atoms with Crippen molar-refractivity contribution in [1.29, 1.82) is 0 Å². The number of nitrogens with one attached hydrogen (secondary N) is 1. The molecule has 0 radical (unpaired) electrons. The second kappa shape index (κ2) is 7.50. The van der Waals surface area contributed by atoms with Crippen LogP contribution in [-0.4, -0.2) is 65.1 Å². The van der Waals surface area contributed by atoms with Crippen molar-refractivity contribution in [2.24, 2.45) is 0 Å². The van der Waals surface area contributed by atoms with Crippen molar-refractivity contribution in [2.75, 3.05) is 26.8 Å². The van der Waals surface area contributed by atoms with Gasteiger partial charge < -0.3 is 19.7 Å². The van der Waals surface area contributed by atoms with Gasteiger partial charge in [-0.15, -0.1) is 0 Å². The van der Waals surface area contributed by atoms with Crippen LogP contribution in [0.25, 0.3) is 0 Å². The maximum absolute atomic E-state index is 9.72. The third-order valence-corrected chi connectivity index (χ3v) is 4.70. The number of aliphatic hydroxyl groups excluding tert-OH is 1. The molecule has 2 aliphatic rings. The Morgan fingerprint density at radius 2 is 2.32 bits per heavy atom. The van der Waals surface area contributed by atoms with Gasteiger partial charge in [-0.2, -0.15) is 4.98 Å². The maximum atomic E-state index is 9.72. The molecule has 0 aromatic carbocycles. The topological polar surface area (TPSA) is 83.7 Å². The molecule has 1 aromatic heterocycles. The number of rotatable bonds is 7. The monoisotopic (exact) mass is 310 g/mol. The van der Waals surface area contributed by atoms with Crippen molar-refractivity contribution < 1.29 is 14.4 Å². The predicted molar refractivity (Wildman–Crippen MR) is 80.3 cm³/mol. The molecular formula is C15H26N4O3. The Hall–Kier alpha value is -1.02. The summed E-state index contributed by atoms with van der Waals surface area (Å²) in [6.07, 6.45) is 5.02. The van der Waals surface area contributed by atoms with E-state index in [9.17, 15) is 5.11 Å². The van der Waals surface area contributed by atoms with Crippen LogP contribution in [0.1, 0.15) is 37.4 Å². The Morgan fingerprint density at radius 3 is 3.09 bits per heavy atom. The Bertz CT molecular complexity index is 467. The quantitative estimate of drug-likeness (QED) is 0.751. The van der Waals surface area contributed by atoms with E-state index in [1.807, 2.05) is 0 Å². The highest BCUT2D eigenvalue weighted by molar-refractivity contribution is 4.95. The number of hydrogen-bond acceptors (Lipinski definition) is 7. The van der Waals surface area contributed by atoms with Gasteiger partial charge in [0, 0.05) is 32.3 Å². The highest BCUT2D eigenvalue weighted by Crippen LogP contribution is 2.27. The van der Waals surface area contributed by atoms with Gasteiger partial charge in [-0.3, -0.25) is 4.90 Å². The second-order valence-corrected chi connectivity index (χ2v) is 6.27. The average molecular weight is 310 g/mol. The third-order valence-electron chi connectivity index (χ3n) is 4.70. The van der Waals surface area contributed by atoms with Crippen LogP contribution >= 0.6 is 0 Å². The molecule has 7 nitrogen and oxygen atoms in total. The highest BCUT2D eigenvalue weighted by Gasteiger charge is 2.35. The van der Waals surface area contributed by atoms with E-state index >= 15 is 0 Å². The van der Waals surface area contributed by atoms with Crippen molar-refractivity contribution in [2.45, 2.75) is 56.8 Å². The lowest BCUT2D eigenvalue weighted by Crippen LogP contribution is -2.46. The molecule has 2 N–H and O–H groups in total. The number of aliphatic hydroxyl groups is 1. The SMILES string of the molecule is COCCc1nc(CN[C@@H]2CCC[C@@H]2N2CCC(O)C2)no1. The number of nitrogens with zero attached hydrogens (tertiary/aromatic N) is 3. The van der Waals surface area contributed by atoms with Gasteiger partial charge >= 0.3 is 0 Å². The summed E-state index contributed by atoms with van der Waals surface area (Å²) >= 11 is 0. The number of likely N-dealkylation sites (tertiary alicyclic amines) is 1. The van der Waals surface area contributed by atoms with Gasteiger partial charge in [0.25, 0.3) is 0 Å². The molecule has 1 aromatic rings. The Balaban J connectivity index is 1.48. The molecule has 1 aliphatic heterocycles. The van der Waals surface area contributed by atoms with E-state index in [1.54, 1.807) is 7.11 Å². The Kier molecular flexibility index (Phi) is 5.41. The van der Waals surface area contributed by atoms with Gasteiger partial charge in [-0.05, 0) is 19.3 Å². The smallest absolute Gasteiger partial charge is 0.229 e. The fourth-order valence-electron chi connectivity index (χ4n) is 3.56. The minimum atomic E-state index is -0.151. The molecular weight excluding hydrogens is 284 g/mol. The largest absolute Gasteiger partial charge is 0.392 e. The molecule has 124 valence electrons. The summed E-state index contributed by atoms with van der Waals surface area (Å²) in [6.45, 7) is 3.05. The van der Waals surface area contributed by atoms with E-state index < -0.39 is 0 Å².